The van der Waals surface area contributed by atoms with E-state index in [1.54, 1.807) is 23.9 Å². The van der Waals surface area contributed by atoms with Crippen molar-refractivity contribution in [1.29, 1.82) is 0 Å². The molecule has 0 spiro atoms. The van der Waals surface area contributed by atoms with Gasteiger partial charge in [-0.2, -0.15) is 10.2 Å². The Morgan fingerprint density at radius 1 is 1.39 bits per heavy atom. The lowest BCUT2D eigenvalue weighted by atomic mass is 10.1. The van der Waals surface area contributed by atoms with Gasteiger partial charge in [0.2, 0.25) is 0 Å². The minimum Gasteiger partial charge on any atom is -0.344 e. The number of rotatable bonds is 5. The summed E-state index contributed by atoms with van der Waals surface area (Å²) >= 11 is 0. The topological polar surface area (TPSA) is 104 Å². The smallest absolute Gasteiger partial charge is 0.259 e. The van der Waals surface area contributed by atoms with E-state index in [1.165, 1.54) is 0 Å². The first-order valence-corrected chi connectivity index (χ1v) is 9.06. The summed E-state index contributed by atoms with van der Waals surface area (Å²) in [4.78, 5) is 17.6. The molecule has 4 aromatic rings. The van der Waals surface area contributed by atoms with Crippen LogP contribution in [0.5, 0.6) is 0 Å². The lowest BCUT2D eigenvalue weighted by Gasteiger charge is -2.13. The Morgan fingerprint density at radius 3 is 2.89 bits per heavy atom. The van der Waals surface area contributed by atoms with Crippen LogP contribution in [0.4, 0.5) is 0 Å². The van der Waals surface area contributed by atoms with Crippen LogP contribution < -0.4 is 5.32 Å². The third kappa shape index (κ3) is 3.15. The van der Waals surface area contributed by atoms with Crippen LogP contribution in [0, 0.1) is 6.92 Å². The van der Waals surface area contributed by atoms with Gasteiger partial charge in [0, 0.05) is 31.5 Å². The molecule has 0 fully saturated rings. The number of hydrogen-bond acceptors (Lipinski definition) is 6. The maximum Gasteiger partial charge on any atom is 0.259 e. The van der Waals surface area contributed by atoms with Crippen LogP contribution >= 0.6 is 0 Å². The minimum atomic E-state index is -0.245. The van der Waals surface area contributed by atoms with Crippen molar-refractivity contribution in [2.75, 3.05) is 0 Å². The van der Waals surface area contributed by atoms with Crippen LogP contribution in [0.1, 0.15) is 41.6 Å². The fourth-order valence-corrected chi connectivity index (χ4v) is 3.11. The SMILES string of the molecule is CCn1ccc([C@@H](C)NC(=O)c2cc(-c3cnn(C)c3)nc3onc(C)c23)n1. The molecule has 0 aromatic carbocycles. The summed E-state index contributed by atoms with van der Waals surface area (Å²) < 4.78 is 8.84. The molecule has 9 heteroatoms. The number of carbonyl (C=O) groups excluding carboxylic acids is 1. The number of fused-ring (bicyclic) bond motifs is 1. The molecule has 0 aliphatic heterocycles. The Kier molecular flexibility index (Phi) is 4.42. The van der Waals surface area contributed by atoms with Crippen LogP contribution in [0.3, 0.4) is 0 Å². The van der Waals surface area contributed by atoms with Gasteiger partial charge in [0.1, 0.15) is 0 Å². The van der Waals surface area contributed by atoms with E-state index in [-0.39, 0.29) is 11.9 Å². The normalized spacial score (nSPS) is 12.4. The highest BCUT2D eigenvalue weighted by Crippen LogP contribution is 2.27. The number of amides is 1. The maximum absolute atomic E-state index is 13.1. The third-order valence-electron chi connectivity index (χ3n) is 4.64. The zero-order valence-corrected chi connectivity index (χ0v) is 16.2. The van der Waals surface area contributed by atoms with Gasteiger partial charge in [0.05, 0.1) is 40.3 Å². The molecule has 0 aliphatic rings. The molecule has 1 amide bonds. The summed E-state index contributed by atoms with van der Waals surface area (Å²) in [6.45, 7) is 6.49. The highest BCUT2D eigenvalue weighted by atomic mass is 16.5. The third-order valence-corrected chi connectivity index (χ3v) is 4.64. The molecule has 0 aliphatic carbocycles. The summed E-state index contributed by atoms with van der Waals surface area (Å²) in [6, 6.07) is 3.41. The van der Waals surface area contributed by atoms with Crippen LogP contribution in [0.25, 0.3) is 22.4 Å². The Labute approximate surface area is 161 Å². The Balaban J connectivity index is 1.71. The van der Waals surface area contributed by atoms with Crippen molar-refractivity contribution in [2.45, 2.75) is 33.4 Å². The lowest BCUT2D eigenvalue weighted by molar-refractivity contribution is 0.0940. The standard InChI is InChI=1S/C19H21N7O2/c1-5-26-7-6-15(23-26)11(2)21-18(27)14-8-16(13-9-20-25(4)10-13)22-19-17(14)12(3)24-28-19/h6-11H,5H2,1-4H3,(H,21,27)/t11-/m1/s1. The quantitative estimate of drug-likeness (QED) is 0.572. The number of nitrogens with zero attached hydrogens (tertiary/aromatic N) is 6. The largest absolute Gasteiger partial charge is 0.344 e. The average molecular weight is 379 g/mol. The molecule has 0 radical (unpaired) electrons. The van der Waals surface area contributed by atoms with Crippen molar-refractivity contribution >= 4 is 17.0 Å². The number of aryl methyl sites for hydroxylation is 3. The molecule has 4 heterocycles. The molecule has 28 heavy (non-hydrogen) atoms. The van der Waals surface area contributed by atoms with Gasteiger partial charge in [-0.1, -0.05) is 5.16 Å². The second-order valence-corrected chi connectivity index (χ2v) is 6.70. The lowest BCUT2D eigenvalue weighted by Crippen LogP contribution is -2.27. The van der Waals surface area contributed by atoms with Gasteiger partial charge in [0.25, 0.3) is 11.6 Å². The van der Waals surface area contributed by atoms with Crippen molar-refractivity contribution in [3.05, 3.63) is 47.7 Å². The molecular weight excluding hydrogens is 358 g/mol. The molecule has 144 valence electrons. The molecule has 0 saturated heterocycles. The second kappa shape index (κ2) is 6.91. The molecule has 4 rings (SSSR count). The zero-order chi connectivity index (χ0) is 19.8. The predicted octanol–water partition coefficient (Wildman–Crippen LogP) is 2.64. The molecule has 4 aromatic heterocycles. The highest BCUT2D eigenvalue weighted by Gasteiger charge is 2.22. The van der Waals surface area contributed by atoms with E-state index in [1.807, 2.05) is 44.0 Å². The van der Waals surface area contributed by atoms with Crippen LogP contribution in [-0.2, 0) is 13.6 Å². The average Bonchev–Trinajstić information content (AvgIpc) is 3.41. The fourth-order valence-electron chi connectivity index (χ4n) is 3.11. The van der Waals surface area contributed by atoms with E-state index >= 15 is 0 Å². The van der Waals surface area contributed by atoms with Gasteiger partial charge in [0.15, 0.2) is 0 Å². The number of nitrogens with one attached hydrogen (secondary N) is 1. The minimum absolute atomic E-state index is 0.234. The number of pyridine rings is 1. The fraction of sp³-hybridized carbons (Fsp3) is 0.316. The summed E-state index contributed by atoms with van der Waals surface area (Å²) in [7, 11) is 1.82. The summed E-state index contributed by atoms with van der Waals surface area (Å²) in [5, 5.41) is 16.2. The Bertz CT molecular complexity index is 1150. The molecule has 0 saturated carbocycles. The van der Waals surface area contributed by atoms with Gasteiger partial charge in [-0.3, -0.25) is 14.2 Å². The van der Waals surface area contributed by atoms with Crippen molar-refractivity contribution in [3.63, 3.8) is 0 Å². The molecule has 0 unspecified atom stereocenters. The Hall–Kier alpha value is -3.49. The van der Waals surface area contributed by atoms with Gasteiger partial charge in [-0.05, 0) is 32.9 Å². The first kappa shape index (κ1) is 17.9. The summed E-state index contributed by atoms with van der Waals surface area (Å²) in [6.07, 6.45) is 5.42. The molecule has 9 nitrogen and oxygen atoms in total. The summed E-state index contributed by atoms with van der Waals surface area (Å²) in [5.41, 5.74) is 3.60. The first-order chi connectivity index (χ1) is 13.5. The van der Waals surface area contributed by atoms with E-state index in [4.69, 9.17) is 4.52 Å². The molecule has 0 bridgehead atoms. The van der Waals surface area contributed by atoms with E-state index in [0.717, 1.165) is 17.8 Å². The highest BCUT2D eigenvalue weighted by molar-refractivity contribution is 6.07. The number of aromatic nitrogens is 6. The van der Waals surface area contributed by atoms with Crippen molar-refractivity contribution in [3.8, 4) is 11.3 Å². The first-order valence-electron chi connectivity index (χ1n) is 9.06. The zero-order valence-electron chi connectivity index (χ0n) is 16.2. The predicted molar refractivity (Wildman–Crippen MR) is 103 cm³/mol. The summed E-state index contributed by atoms with van der Waals surface area (Å²) in [5.74, 6) is -0.234. The van der Waals surface area contributed by atoms with Gasteiger partial charge in [-0.15, -0.1) is 0 Å². The monoisotopic (exact) mass is 379 g/mol. The molecule has 1 N–H and O–H groups in total. The number of carbonyl (C=O) groups is 1. The van der Waals surface area contributed by atoms with Crippen LogP contribution in [-0.4, -0.2) is 35.6 Å². The van der Waals surface area contributed by atoms with Crippen LogP contribution in [0.2, 0.25) is 0 Å². The van der Waals surface area contributed by atoms with E-state index < -0.39 is 0 Å². The van der Waals surface area contributed by atoms with Crippen molar-refractivity contribution in [2.24, 2.45) is 7.05 Å². The van der Waals surface area contributed by atoms with Crippen molar-refractivity contribution < 1.29 is 9.32 Å². The number of hydrogen-bond donors (Lipinski definition) is 1. The van der Waals surface area contributed by atoms with E-state index in [2.05, 4.69) is 25.7 Å². The molecular formula is C19H21N7O2. The second-order valence-electron chi connectivity index (χ2n) is 6.70. The van der Waals surface area contributed by atoms with Gasteiger partial charge < -0.3 is 9.84 Å². The van der Waals surface area contributed by atoms with Gasteiger partial charge in [-0.25, -0.2) is 4.98 Å². The Morgan fingerprint density at radius 2 is 2.21 bits per heavy atom. The van der Waals surface area contributed by atoms with Gasteiger partial charge >= 0.3 is 0 Å². The maximum atomic E-state index is 13.1. The van der Waals surface area contributed by atoms with Crippen LogP contribution in [0.15, 0.2) is 35.2 Å². The van der Waals surface area contributed by atoms with E-state index in [0.29, 0.717) is 28.1 Å². The van der Waals surface area contributed by atoms with E-state index in [9.17, 15) is 4.79 Å². The van der Waals surface area contributed by atoms with Crippen molar-refractivity contribution in [1.82, 2.24) is 35.0 Å². The molecule has 1 atom stereocenters.